The zero-order valence-electron chi connectivity index (χ0n) is 13.0. The summed E-state index contributed by atoms with van der Waals surface area (Å²) in [5.74, 6) is 0.321. The number of halogens is 1. The van der Waals surface area contributed by atoms with Crippen molar-refractivity contribution in [2.75, 3.05) is 6.54 Å². The molecule has 3 aromatic rings. The quantitative estimate of drug-likeness (QED) is 0.788. The summed E-state index contributed by atoms with van der Waals surface area (Å²) in [4.78, 5) is 33.0. The molecule has 0 aliphatic heterocycles. The van der Waals surface area contributed by atoms with E-state index in [2.05, 4.69) is 15.3 Å². The first-order valence-corrected chi connectivity index (χ1v) is 7.80. The number of rotatable bonds is 4. The lowest BCUT2D eigenvalue weighted by Crippen LogP contribution is -2.32. The molecule has 6 nitrogen and oxygen atoms in total. The summed E-state index contributed by atoms with van der Waals surface area (Å²) in [7, 11) is 0. The highest BCUT2D eigenvalue weighted by atomic mass is 35.5. The van der Waals surface area contributed by atoms with Gasteiger partial charge < -0.3 is 5.32 Å². The number of fused-ring (bicyclic) bond motifs is 1. The van der Waals surface area contributed by atoms with Crippen LogP contribution in [0.1, 0.15) is 16.2 Å². The van der Waals surface area contributed by atoms with Gasteiger partial charge in [0.2, 0.25) is 0 Å². The van der Waals surface area contributed by atoms with Gasteiger partial charge in [0.05, 0.1) is 5.39 Å². The van der Waals surface area contributed by atoms with Crippen molar-refractivity contribution in [2.45, 2.75) is 13.5 Å². The van der Waals surface area contributed by atoms with Crippen LogP contribution in [0.15, 0.2) is 47.4 Å². The maximum absolute atomic E-state index is 12.5. The SMILES string of the molecule is Cc1nc2ncccc2c(=O)n1CCNC(=O)c1cccc(Cl)c1. The van der Waals surface area contributed by atoms with Gasteiger partial charge in [-0.2, -0.15) is 0 Å². The Bertz CT molecular complexity index is 968. The monoisotopic (exact) mass is 342 g/mol. The van der Waals surface area contributed by atoms with Gasteiger partial charge in [-0.3, -0.25) is 14.2 Å². The third kappa shape index (κ3) is 3.28. The second-order valence-electron chi connectivity index (χ2n) is 5.26. The summed E-state index contributed by atoms with van der Waals surface area (Å²) in [6, 6.07) is 10.1. The number of carbonyl (C=O) groups excluding carboxylic acids is 1. The zero-order valence-corrected chi connectivity index (χ0v) is 13.7. The molecule has 0 saturated carbocycles. The highest BCUT2D eigenvalue weighted by molar-refractivity contribution is 6.30. The molecule has 1 amide bonds. The maximum atomic E-state index is 12.5. The van der Waals surface area contributed by atoms with E-state index in [1.807, 2.05) is 0 Å². The van der Waals surface area contributed by atoms with Crippen LogP contribution in [-0.2, 0) is 6.54 Å². The highest BCUT2D eigenvalue weighted by Gasteiger charge is 2.09. The average molecular weight is 343 g/mol. The van der Waals surface area contributed by atoms with Crippen LogP contribution in [-0.4, -0.2) is 27.0 Å². The largest absolute Gasteiger partial charge is 0.350 e. The highest BCUT2D eigenvalue weighted by Crippen LogP contribution is 2.10. The smallest absolute Gasteiger partial charge is 0.263 e. The van der Waals surface area contributed by atoms with Crippen LogP contribution in [0.3, 0.4) is 0 Å². The molecule has 0 radical (unpaired) electrons. The van der Waals surface area contributed by atoms with Crippen LogP contribution in [0, 0.1) is 6.92 Å². The van der Waals surface area contributed by atoms with Crippen LogP contribution in [0.2, 0.25) is 5.02 Å². The molecule has 3 rings (SSSR count). The van der Waals surface area contributed by atoms with E-state index < -0.39 is 0 Å². The number of amides is 1. The van der Waals surface area contributed by atoms with E-state index in [1.54, 1.807) is 49.5 Å². The van der Waals surface area contributed by atoms with Crippen molar-refractivity contribution in [3.05, 3.63) is 69.4 Å². The van der Waals surface area contributed by atoms with E-state index in [0.29, 0.717) is 40.5 Å². The van der Waals surface area contributed by atoms with E-state index in [0.717, 1.165) is 0 Å². The second-order valence-corrected chi connectivity index (χ2v) is 5.69. The van der Waals surface area contributed by atoms with Crippen LogP contribution in [0.25, 0.3) is 11.0 Å². The van der Waals surface area contributed by atoms with Crippen molar-refractivity contribution in [1.29, 1.82) is 0 Å². The van der Waals surface area contributed by atoms with Crippen LogP contribution in [0.4, 0.5) is 0 Å². The minimum absolute atomic E-state index is 0.164. The molecule has 0 saturated heterocycles. The zero-order chi connectivity index (χ0) is 17.1. The summed E-state index contributed by atoms with van der Waals surface area (Å²) in [5, 5.41) is 3.74. The molecule has 1 N–H and O–H groups in total. The van der Waals surface area contributed by atoms with Crippen molar-refractivity contribution < 1.29 is 4.79 Å². The molecule has 0 bridgehead atoms. The molecule has 24 heavy (non-hydrogen) atoms. The van der Waals surface area contributed by atoms with Gasteiger partial charge in [0.1, 0.15) is 5.82 Å². The molecule has 0 aliphatic carbocycles. The Morgan fingerprint density at radius 3 is 2.92 bits per heavy atom. The van der Waals surface area contributed by atoms with Gasteiger partial charge in [-0.1, -0.05) is 17.7 Å². The summed E-state index contributed by atoms with van der Waals surface area (Å²) < 4.78 is 1.53. The van der Waals surface area contributed by atoms with Gasteiger partial charge in [-0.05, 0) is 37.3 Å². The molecule has 0 unspecified atom stereocenters. The van der Waals surface area contributed by atoms with Gasteiger partial charge in [0.25, 0.3) is 11.5 Å². The van der Waals surface area contributed by atoms with Crippen molar-refractivity contribution in [1.82, 2.24) is 19.9 Å². The summed E-state index contributed by atoms with van der Waals surface area (Å²) >= 11 is 5.88. The Morgan fingerprint density at radius 2 is 2.12 bits per heavy atom. The third-order valence-corrected chi connectivity index (χ3v) is 3.86. The molecular weight excluding hydrogens is 328 g/mol. The van der Waals surface area contributed by atoms with Gasteiger partial charge in [0.15, 0.2) is 5.65 Å². The molecule has 7 heteroatoms. The van der Waals surface area contributed by atoms with Crippen molar-refractivity contribution in [3.63, 3.8) is 0 Å². The maximum Gasteiger partial charge on any atom is 0.263 e. The first kappa shape index (κ1) is 16.1. The van der Waals surface area contributed by atoms with Gasteiger partial charge in [0, 0.05) is 29.9 Å². The topological polar surface area (TPSA) is 76.9 Å². The van der Waals surface area contributed by atoms with Gasteiger partial charge in [-0.25, -0.2) is 9.97 Å². The Kier molecular flexibility index (Phi) is 4.57. The molecule has 0 fully saturated rings. The molecule has 0 spiro atoms. The van der Waals surface area contributed by atoms with E-state index in [9.17, 15) is 9.59 Å². The average Bonchev–Trinajstić information content (AvgIpc) is 2.57. The van der Waals surface area contributed by atoms with Gasteiger partial charge >= 0.3 is 0 Å². The predicted octanol–water partition coefficient (Wildman–Crippen LogP) is 2.18. The second kappa shape index (κ2) is 6.80. The molecule has 0 aliphatic rings. The summed E-state index contributed by atoms with van der Waals surface area (Å²) in [6.07, 6.45) is 1.60. The Labute approximate surface area is 143 Å². The summed E-state index contributed by atoms with van der Waals surface area (Å²) in [6.45, 7) is 2.38. The number of nitrogens with one attached hydrogen (secondary N) is 1. The Hall–Kier alpha value is -2.73. The lowest BCUT2D eigenvalue weighted by Gasteiger charge is -2.11. The first-order valence-electron chi connectivity index (χ1n) is 7.42. The van der Waals surface area contributed by atoms with E-state index in [-0.39, 0.29) is 11.5 Å². The number of hydrogen-bond acceptors (Lipinski definition) is 4. The fourth-order valence-corrected chi connectivity index (χ4v) is 2.63. The van der Waals surface area contributed by atoms with E-state index >= 15 is 0 Å². The number of nitrogens with zero attached hydrogens (tertiary/aromatic N) is 3. The first-order chi connectivity index (χ1) is 11.6. The fourth-order valence-electron chi connectivity index (χ4n) is 2.44. The third-order valence-electron chi connectivity index (χ3n) is 3.63. The molecular formula is C17H15ClN4O2. The molecule has 122 valence electrons. The van der Waals surface area contributed by atoms with Crippen molar-refractivity contribution in [3.8, 4) is 0 Å². The Balaban J connectivity index is 1.74. The molecule has 0 atom stereocenters. The van der Waals surface area contributed by atoms with Crippen LogP contribution in [0.5, 0.6) is 0 Å². The summed E-state index contributed by atoms with van der Waals surface area (Å²) in [5.41, 5.74) is 0.745. The normalized spacial score (nSPS) is 10.8. The molecule has 1 aromatic carbocycles. The van der Waals surface area contributed by atoms with Crippen molar-refractivity contribution in [2.24, 2.45) is 0 Å². The predicted molar refractivity (Wildman–Crippen MR) is 92.3 cm³/mol. The van der Waals surface area contributed by atoms with E-state index in [1.165, 1.54) is 4.57 Å². The lowest BCUT2D eigenvalue weighted by molar-refractivity contribution is 0.0952. The van der Waals surface area contributed by atoms with Gasteiger partial charge in [-0.15, -0.1) is 0 Å². The number of benzene rings is 1. The number of pyridine rings is 1. The standard InChI is InChI=1S/C17H15ClN4O2/c1-11-21-15-14(6-3-7-19-15)17(24)22(11)9-8-20-16(23)12-4-2-5-13(18)10-12/h2-7,10H,8-9H2,1H3,(H,20,23). The number of aromatic nitrogens is 3. The minimum atomic E-state index is -0.237. The number of hydrogen-bond donors (Lipinski definition) is 1. The van der Waals surface area contributed by atoms with E-state index in [4.69, 9.17) is 11.6 Å². The van der Waals surface area contributed by atoms with Crippen LogP contribution >= 0.6 is 11.6 Å². The molecule has 2 aromatic heterocycles. The molecule has 2 heterocycles. The van der Waals surface area contributed by atoms with Crippen molar-refractivity contribution >= 4 is 28.5 Å². The Morgan fingerprint density at radius 1 is 1.29 bits per heavy atom. The van der Waals surface area contributed by atoms with Crippen LogP contribution < -0.4 is 10.9 Å². The number of aryl methyl sites for hydroxylation is 1. The lowest BCUT2D eigenvalue weighted by atomic mass is 10.2. The number of carbonyl (C=O) groups is 1. The minimum Gasteiger partial charge on any atom is -0.350 e. The fraction of sp³-hybridized carbons (Fsp3) is 0.176.